The highest BCUT2D eigenvalue weighted by molar-refractivity contribution is 7.80. The van der Waals surface area contributed by atoms with Crippen molar-refractivity contribution in [3.63, 3.8) is 0 Å². The Morgan fingerprint density at radius 1 is 1.67 bits per heavy atom. The van der Waals surface area contributed by atoms with Gasteiger partial charge < -0.3 is 0 Å². The summed E-state index contributed by atoms with van der Waals surface area (Å²) in [5, 5.41) is 10.3. The maximum atomic E-state index is 10.3. The quantitative estimate of drug-likeness (QED) is 0.278. The summed E-state index contributed by atoms with van der Waals surface area (Å²) < 4.78 is 0. The highest BCUT2D eigenvalue weighted by Crippen LogP contribution is 2.15. The van der Waals surface area contributed by atoms with Crippen molar-refractivity contribution in [2.75, 3.05) is 0 Å². The second kappa shape index (κ2) is 3.36. The molecule has 0 unspecified atom stereocenters. The van der Waals surface area contributed by atoms with Gasteiger partial charge in [0.05, 0.1) is 10.5 Å². The molecule has 0 saturated carbocycles. The van der Waals surface area contributed by atoms with E-state index in [0.29, 0.717) is 17.6 Å². The molecule has 0 aliphatic heterocycles. The molecule has 0 bridgehead atoms. The van der Waals surface area contributed by atoms with Gasteiger partial charge in [0, 0.05) is 17.4 Å². The number of allylic oxidation sites excluding steroid dienone is 3. The first-order valence-corrected chi connectivity index (χ1v) is 3.60. The molecular weight excluding hydrogens is 178 g/mol. The molecule has 1 aliphatic carbocycles. The largest absolute Gasteiger partial charge is 0.298 e. The minimum atomic E-state index is -0.605. The Balaban J connectivity index is 3.06. The number of hydrogen-bond acceptors (Lipinski definition) is 4. The van der Waals surface area contributed by atoms with Gasteiger partial charge in [-0.1, -0.05) is 18.3 Å². The highest BCUT2D eigenvalue weighted by atomic mass is 32.1. The Labute approximate surface area is 73.7 Å². The second-order valence-corrected chi connectivity index (χ2v) is 2.76. The molecule has 0 aromatic heterocycles. The minimum Gasteiger partial charge on any atom is -0.298 e. The fraction of sp³-hybridized carbons (Fsp3) is 0.143. The summed E-state index contributed by atoms with van der Waals surface area (Å²) in [4.78, 5) is 20.5. The molecule has 62 valence electrons. The number of nitrogens with zero attached hydrogens (tertiary/aromatic N) is 1. The molecule has 4 nitrogen and oxygen atoms in total. The van der Waals surface area contributed by atoms with Crippen molar-refractivity contribution in [1.29, 1.82) is 0 Å². The van der Waals surface area contributed by atoms with Gasteiger partial charge in [-0.05, 0) is 0 Å². The normalized spacial score (nSPS) is 16.5. The van der Waals surface area contributed by atoms with Crippen molar-refractivity contribution in [2.24, 2.45) is 0 Å². The van der Waals surface area contributed by atoms with Gasteiger partial charge in [-0.2, -0.15) is 0 Å². The third-order valence-electron chi connectivity index (χ3n) is 1.44. The Morgan fingerprint density at radius 2 is 2.33 bits per heavy atom. The third kappa shape index (κ3) is 1.62. The Bertz CT molecular complexity index is 317. The lowest BCUT2D eigenvalue weighted by molar-refractivity contribution is -0.420. The fourth-order valence-corrected chi connectivity index (χ4v) is 1.07. The van der Waals surface area contributed by atoms with Crippen LogP contribution in [0.15, 0.2) is 23.4 Å². The standard InChI is InChI=1S/C7H5NO3S/c9-4-5-1-2-6(12)3-7(5)8(10)11/h1,3-4H,2H2. The lowest BCUT2D eigenvalue weighted by Crippen LogP contribution is -2.09. The Morgan fingerprint density at radius 3 is 2.83 bits per heavy atom. The predicted octanol–water partition coefficient (Wildman–Crippen LogP) is 1.05. The summed E-state index contributed by atoms with van der Waals surface area (Å²) in [6, 6.07) is 0. The van der Waals surface area contributed by atoms with Crippen LogP contribution in [0.5, 0.6) is 0 Å². The van der Waals surface area contributed by atoms with Crippen molar-refractivity contribution in [2.45, 2.75) is 6.42 Å². The van der Waals surface area contributed by atoms with E-state index in [4.69, 9.17) is 12.2 Å². The number of carbonyl (C=O) groups excluding carboxylic acids is 1. The van der Waals surface area contributed by atoms with Crippen LogP contribution in [-0.4, -0.2) is 16.1 Å². The molecule has 0 aromatic rings. The molecule has 0 spiro atoms. The average molecular weight is 183 g/mol. The lowest BCUT2D eigenvalue weighted by Gasteiger charge is -2.03. The lowest BCUT2D eigenvalue weighted by atomic mass is 10.1. The zero-order valence-electron chi connectivity index (χ0n) is 6.02. The van der Waals surface area contributed by atoms with Crippen molar-refractivity contribution in [3.05, 3.63) is 33.5 Å². The van der Waals surface area contributed by atoms with Gasteiger partial charge >= 0.3 is 0 Å². The Hall–Kier alpha value is -1.36. The summed E-state index contributed by atoms with van der Waals surface area (Å²) in [7, 11) is 0. The molecule has 1 rings (SSSR count). The van der Waals surface area contributed by atoms with E-state index in [0.717, 1.165) is 0 Å². The molecule has 0 radical (unpaired) electrons. The number of rotatable bonds is 2. The van der Waals surface area contributed by atoms with E-state index in [1.165, 1.54) is 12.2 Å². The van der Waals surface area contributed by atoms with Gasteiger partial charge in [0.15, 0.2) is 6.29 Å². The van der Waals surface area contributed by atoms with E-state index in [1.54, 1.807) is 0 Å². The van der Waals surface area contributed by atoms with E-state index >= 15 is 0 Å². The first-order chi connectivity index (χ1) is 5.65. The van der Waals surface area contributed by atoms with E-state index in [2.05, 4.69) is 0 Å². The van der Waals surface area contributed by atoms with Crippen molar-refractivity contribution < 1.29 is 9.72 Å². The molecular formula is C7H5NO3S. The smallest absolute Gasteiger partial charge is 0.280 e. The monoisotopic (exact) mass is 183 g/mol. The highest BCUT2D eigenvalue weighted by Gasteiger charge is 2.20. The van der Waals surface area contributed by atoms with Gasteiger partial charge in [-0.15, -0.1) is 0 Å². The topological polar surface area (TPSA) is 60.2 Å². The second-order valence-electron chi connectivity index (χ2n) is 2.23. The maximum Gasteiger partial charge on any atom is 0.280 e. The van der Waals surface area contributed by atoms with Crippen molar-refractivity contribution in [3.8, 4) is 0 Å². The summed E-state index contributed by atoms with van der Waals surface area (Å²) in [5.74, 6) is 0. The first kappa shape index (κ1) is 8.73. The SMILES string of the molecule is O=CC1=CCC(=S)C=C1[N+](=O)[O-]. The zero-order valence-corrected chi connectivity index (χ0v) is 6.84. The predicted molar refractivity (Wildman–Crippen MR) is 46.4 cm³/mol. The number of hydrogen-bond donors (Lipinski definition) is 0. The summed E-state index contributed by atoms with van der Waals surface area (Å²) in [6.45, 7) is 0. The summed E-state index contributed by atoms with van der Waals surface area (Å²) in [6.07, 6.45) is 3.61. The maximum absolute atomic E-state index is 10.3. The first-order valence-electron chi connectivity index (χ1n) is 3.20. The minimum absolute atomic E-state index is 0.105. The zero-order chi connectivity index (χ0) is 9.14. The van der Waals surface area contributed by atoms with Crippen LogP contribution in [0.1, 0.15) is 6.42 Å². The van der Waals surface area contributed by atoms with Crippen LogP contribution < -0.4 is 0 Å². The molecule has 0 N–H and O–H groups in total. The molecule has 0 amide bonds. The molecule has 0 atom stereocenters. The van der Waals surface area contributed by atoms with Crippen molar-refractivity contribution in [1.82, 2.24) is 0 Å². The van der Waals surface area contributed by atoms with Crippen LogP contribution in [0, 0.1) is 10.1 Å². The molecule has 12 heavy (non-hydrogen) atoms. The molecule has 0 fully saturated rings. The number of thiocarbonyl (C=S) groups is 1. The molecule has 0 aromatic carbocycles. The van der Waals surface area contributed by atoms with E-state index in [9.17, 15) is 14.9 Å². The number of nitro groups is 1. The number of carbonyl (C=O) groups is 1. The fourth-order valence-electron chi connectivity index (χ4n) is 0.876. The van der Waals surface area contributed by atoms with Gasteiger partial charge in [0.1, 0.15) is 0 Å². The summed E-state index contributed by atoms with van der Waals surface area (Å²) >= 11 is 4.76. The van der Waals surface area contributed by atoms with Crippen LogP contribution in [0.25, 0.3) is 0 Å². The summed E-state index contributed by atoms with van der Waals surface area (Å²) in [5.41, 5.74) is -0.102. The van der Waals surface area contributed by atoms with Crippen molar-refractivity contribution >= 4 is 23.4 Å². The molecule has 1 aliphatic rings. The van der Waals surface area contributed by atoms with Gasteiger partial charge in [0.25, 0.3) is 5.70 Å². The average Bonchev–Trinajstić information content (AvgIpc) is 2.04. The van der Waals surface area contributed by atoms with Crippen LogP contribution in [0.2, 0.25) is 0 Å². The van der Waals surface area contributed by atoms with Gasteiger partial charge in [-0.25, -0.2) is 0 Å². The van der Waals surface area contributed by atoms with E-state index in [1.807, 2.05) is 0 Å². The molecule has 0 heterocycles. The molecule has 5 heteroatoms. The van der Waals surface area contributed by atoms with Crippen LogP contribution in [0.4, 0.5) is 0 Å². The van der Waals surface area contributed by atoms with Gasteiger partial charge in [0.2, 0.25) is 0 Å². The van der Waals surface area contributed by atoms with Crippen LogP contribution in [0.3, 0.4) is 0 Å². The van der Waals surface area contributed by atoms with Crippen LogP contribution in [-0.2, 0) is 4.79 Å². The Kier molecular flexibility index (Phi) is 2.44. The van der Waals surface area contributed by atoms with Crippen LogP contribution >= 0.6 is 12.2 Å². The van der Waals surface area contributed by atoms with E-state index < -0.39 is 4.92 Å². The van der Waals surface area contributed by atoms with Gasteiger partial charge in [-0.3, -0.25) is 14.9 Å². The number of aldehydes is 1. The third-order valence-corrected chi connectivity index (χ3v) is 1.72. The molecule has 0 saturated heterocycles. The van der Waals surface area contributed by atoms with E-state index in [-0.39, 0.29) is 11.3 Å².